The van der Waals surface area contributed by atoms with Crippen LogP contribution in [0.5, 0.6) is 0 Å². The molecule has 1 unspecified atom stereocenters. The van der Waals surface area contributed by atoms with E-state index in [1.54, 1.807) is 4.68 Å². The van der Waals surface area contributed by atoms with Crippen molar-refractivity contribution in [2.24, 2.45) is 5.92 Å². The fraction of sp³-hybridized carbons (Fsp3) is 0.960. The van der Waals surface area contributed by atoms with Crippen LogP contribution >= 0.6 is 0 Å². The van der Waals surface area contributed by atoms with Crippen LogP contribution in [-0.4, -0.2) is 20.2 Å². The van der Waals surface area contributed by atoms with E-state index in [1.807, 2.05) is 0 Å². The molecule has 0 fully saturated rings. The smallest absolute Gasteiger partial charge is 0.240 e. The molecule has 1 aromatic rings. The second-order valence-corrected chi connectivity index (χ2v) is 9.32. The summed E-state index contributed by atoms with van der Waals surface area (Å²) in [7, 11) is 0. The first-order valence-electron chi connectivity index (χ1n) is 13.3. The molecule has 0 bridgehead atoms. The molecule has 0 amide bonds. The van der Waals surface area contributed by atoms with Gasteiger partial charge in [0.25, 0.3) is 0 Å². The van der Waals surface area contributed by atoms with Gasteiger partial charge in [-0.1, -0.05) is 135 Å². The zero-order valence-corrected chi connectivity index (χ0v) is 20.3. The Hall–Kier alpha value is -1.13. The first-order chi connectivity index (χ1) is 14.8. The summed E-state index contributed by atoms with van der Waals surface area (Å²) in [5, 5.41) is 11.6. The molecule has 0 aliphatic rings. The lowest BCUT2D eigenvalue weighted by molar-refractivity contribution is 0.341. The number of anilines is 1. The Morgan fingerprint density at radius 1 is 0.633 bits per heavy atom. The van der Waals surface area contributed by atoms with Crippen LogP contribution in [0.3, 0.4) is 0 Å². The minimum atomic E-state index is 0.457. The molecule has 2 N–H and O–H groups in total. The fourth-order valence-electron chi connectivity index (χ4n) is 4.40. The Kier molecular flexibility index (Phi) is 17.8. The lowest BCUT2D eigenvalue weighted by atomic mass is 9.94. The Bertz CT molecular complexity index is 474. The molecule has 0 saturated carbocycles. The molecule has 0 aliphatic heterocycles. The van der Waals surface area contributed by atoms with Crippen molar-refractivity contribution < 1.29 is 0 Å². The van der Waals surface area contributed by atoms with Gasteiger partial charge in [-0.3, -0.25) is 0 Å². The number of unbranched alkanes of at least 4 members (excludes halogenated alkanes) is 16. The van der Waals surface area contributed by atoms with Gasteiger partial charge in [-0.15, -0.1) is 0 Å². The SMILES string of the molecule is CCCCCCCCCCCCC(CCCCCCCCCC)Cn1nnnc1N. The Balaban J connectivity index is 2.14. The van der Waals surface area contributed by atoms with Crippen molar-refractivity contribution in [1.82, 2.24) is 20.2 Å². The quantitative estimate of drug-likeness (QED) is 0.195. The summed E-state index contributed by atoms with van der Waals surface area (Å²) in [4.78, 5) is 0. The summed E-state index contributed by atoms with van der Waals surface area (Å²) in [6.45, 7) is 5.45. The highest BCUT2D eigenvalue weighted by molar-refractivity contribution is 5.09. The second kappa shape index (κ2) is 19.8. The topological polar surface area (TPSA) is 69.6 Å². The highest BCUT2D eigenvalue weighted by Crippen LogP contribution is 2.21. The van der Waals surface area contributed by atoms with Crippen LogP contribution in [0.1, 0.15) is 142 Å². The molecule has 0 aromatic carbocycles. The lowest BCUT2D eigenvalue weighted by Crippen LogP contribution is -2.14. The Morgan fingerprint density at radius 2 is 1.03 bits per heavy atom. The van der Waals surface area contributed by atoms with Crippen molar-refractivity contribution in [1.29, 1.82) is 0 Å². The fourth-order valence-corrected chi connectivity index (χ4v) is 4.40. The third-order valence-corrected chi connectivity index (χ3v) is 6.42. The summed E-state index contributed by atoms with van der Waals surface area (Å²) in [5.74, 6) is 1.11. The lowest BCUT2D eigenvalue weighted by Gasteiger charge is -2.17. The molecule has 5 heteroatoms. The van der Waals surface area contributed by atoms with Gasteiger partial charge in [-0.25, -0.2) is 4.68 Å². The highest BCUT2D eigenvalue weighted by Gasteiger charge is 2.12. The van der Waals surface area contributed by atoms with E-state index in [4.69, 9.17) is 5.73 Å². The number of tetrazole rings is 1. The summed E-state index contributed by atoms with van der Waals surface area (Å²) >= 11 is 0. The molecule has 1 heterocycles. The van der Waals surface area contributed by atoms with Crippen LogP contribution in [0, 0.1) is 5.92 Å². The van der Waals surface area contributed by atoms with E-state index < -0.39 is 0 Å². The predicted molar refractivity (Wildman–Crippen MR) is 129 cm³/mol. The molecule has 176 valence electrons. The summed E-state index contributed by atoms with van der Waals surface area (Å²) in [6.07, 6.45) is 27.6. The van der Waals surface area contributed by atoms with Crippen LogP contribution in [0.4, 0.5) is 5.95 Å². The van der Waals surface area contributed by atoms with Gasteiger partial charge >= 0.3 is 0 Å². The summed E-state index contributed by atoms with van der Waals surface area (Å²) in [5.41, 5.74) is 5.90. The number of nitrogens with zero attached hydrogens (tertiary/aromatic N) is 4. The number of rotatable bonds is 22. The van der Waals surface area contributed by atoms with E-state index in [9.17, 15) is 0 Å². The molecule has 0 radical (unpaired) electrons. The number of hydrogen-bond acceptors (Lipinski definition) is 4. The van der Waals surface area contributed by atoms with Gasteiger partial charge in [-0.05, 0) is 29.2 Å². The Morgan fingerprint density at radius 3 is 1.40 bits per heavy atom. The molecule has 1 aromatic heterocycles. The van der Waals surface area contributed by atoms with Crippen LogP contribution in [-0.2, 0) is 6.54 Å². The summed E-state index contributed by atoms with van der Waals surface area (Å²) in [6, 6.07) is 0. The zero-order chi connectivity index (χ0) is 21.7. The minimum absolute atomic E-state index is 0.457. The van der Waals surface area contributed by atoms with Crippen molar-refractivity contribution in [2.75, 3.05) is 5.73 Å². The van der Waals surface area contributed by atoms with Crippen molar-refractivity contribution in [3.8, 4) is 0 Å². The van der Waals surface area contributed by atoms with Crippen molar-refractivity contribution >= 4 is 5.95 Å². The molecule has 0 aliphatic carbocycles. The van der Waals surface area contributed by atoms with Gasteiger partial charge in [0, 0.05) is 6.54 Å². The van der Waals surface area contributed by atoms with Crippen LogP contribution in [0.25, 0.3) is 0 Å². The van der Waals surface area contributed by atoms with Crippen molar-refractivity contribution in [3.05, 3.63) is 0 Å². The van der Waals surface area contributed by atoms with Gasteiger partial charge in [0.1, 0.15) is 0 Å². The van der Waals surface area contributed by atoms with E-state index in [0.29, 0.717) is 11.9 Å². The maximum atomic E-state index is 5.90. The second-order valence-electron chi connectivity index (χ2n) is 9.32. The largest absolute Gasteiger partial charge is 0.367 e. The predicted octanol–water partition coefficient (Wildman–Crippen LogP) is 7.71. The van der Waals surface area contributed by atoms with Crippen LogP contribution < -0.4 is 5.73 Å². The van der Waals surface area contributed by atoms with Crippen LogP contribution in [0.15, 0.2) is 0 Å². The van der Waals surface area contributed by atoms with Gasteiger partial charge in [0.2, 0.25) is 5.95 Å². The van der Waals surface area contributed by atoms with E-state index in [-0.39, 0.29) is 0 Å². The van der Waals surface area contributed by atoms with E-state index in [2.05, 4.69) is 29.4 Å². The molecule has 0 saturated heterocycles. The number of nitrogen functional groups attached to an aromatic ring is 1. The number of nitrogens with two attached hydrogens (primary N) is 1. The number of aromatic nitrogens is 4. The maximum Gasteiger partial charge on any atom is 0.240 e. The molecular weight excluding hydrogens is 370 g/mol. The maximum absolute atomic E-state index is 5.90. The first kappa shape index (κ1) is 26.9. The average molecular weight is 422 g/mol. The van der Waals surface area contributed by atoms with Gasteiger partial charge in [-0.2, -0.15) is 0 Å². The molecule has 1 atom stereocenters. The van der Waals surface area contributed by atoms with Gasteiger partial charge < -0.3 is 5.73 Å². The summed E-state index contributed by atoms with van der Waals surface area (Å²) < 4.78 is 1.80. The zero-order valence-electron chi connectivity index (χ0n) is 20.3. The third kappa shape index (κ3) is 14.8. The van der Waals surface area contributed by atoms with Gasteiger partial charge in [0.15, 0.2) is 0 Å². The van der Waals surface area contributed by atoms with Crippen LogP contribution in [0.2, 0.25) is 0 Å². The van der Waals surface area contributed by atoms with Gasteiger partial charge in [0.05, 0.1) is 0 Å². The normalized spacial score (nSPS) is 12.5. The molecule has 30 heavy (non-hydrogen) atoms. The average Bonchev–Trinajstić information content (AvgIpc) is 3.15. The van der Waals surface area contributed by atoms with E-state index in [1.165, 1.54) is 128 Å². The molecule has 5 nitrogen and oxygen atoms in total. The van der Waals surface area contributed by atoms with Crippen molar-refractivity contribution in [3.63, 3.8) is 0 Å². The first-order valence-corrected chi connectivity index (χ1v) is 13.3. The highest BCUT2D eigenvalue weighted by atomic mass is 15.6. The number of hydrogen-bond donors (Lipinski definition) is 1. The third-order valence-electron chi connectivity index (χ3n) is 6.42. The minimum Gasteiger partial charge on any atom is -0.367 e. The molecule has 0 spiro atoms. The Labute approximate surface area is 187 Å². The van der Waals surface area contributed by atoms with E-state index in [0.717, 1.165) is 6.54 Å². The molecule has 1 rings (SSSR count). The van der Waals surface area contributed by atoms with E-state index >= 15 is 0 Å². The van der Waals surface area contributed by atoms with Crippen molar-refractivity contribution in [2.45, 2.75) is 149 Å². The monoisotopic (exact) mass is 421 g/mol. The standard InChI is InChI=1S/C25H51N5/c1-3-5-7-9-11-13-14-16-18-20-22-24(23-30-25(26)27-28-29-30)21-19-17-15-12-10-8-6-4-2/h24H,3-23H2,1-2H3,(H2,26,27,29). The molecular formula is C25H51N5.